The molecule has 0 unspecified atom stereocenters. The molecule has 0 amide bonds. The Morgan fingerprint density at radius 1 is 0.778 bits per heavy atom. The van der Waals surface area contributed by atoms with Crippen LogP contribution in [0.4, 0.5) is 0 Å². The Hall–Kier alpha value is -2.95. The third kappa shape index (κ3) is 3.92. The Morgan fingerprint density at radius 3 is 1.44 bits per heavy atom. The van der Waals surface area contributed by atoms with Crippen LogP contribution in [-0.2, 0) is 10.3 Å². The summed E-state index contributed by atoms with van der Waals surface area (Å²) in [4.78, 5) is 11.9. The van der Waals surface area contributed by atoms with Gasteiger partial charge in [-0.2, -0.15) is 0 Å². The summed E-state index contributed by atoms with van der Waals surface area (Å²) in [5.74, 6) is -0.990. The summed E-state index contributed by atoms with van der Waals surface area (Å²) in [6.45, 7) is -0.210. The van der Waals surface area contributed by atoms with E-state index in [0.717, 1.165) is 16.7 Å². The third-order valence-electron chi connectivity index (χ3n) is 4.73. The minimum Gasteiger partial charge on any atom is -0.480 e. The average molecular weight is 361 g/mol. The van der Waals surface area contributed by atoms with E-state index in [2.05, 4.69) is 5.32 Å². The molecule has 0 spiro atoms. The number of aliphatic hydroxyl groups excluding tert-OH is 1. The first kappa shape index (κ1) is 18.8. The predicted molar refractivity (Wildman–Crippen MR) is 105 cm³/mol. The number of aliphatic hydroxyl groups is 1. The van der Waals surface area contributed by atoms with Gasteiger partial charge in [-0.15, -0.1) is 0 Å². The zero-order valence-electron chi connectivity index (χ0n) is 15.0. The molecule has 0 aliphatic carbocycles. The lowest BCUT2D eigenvalue weighted by atomic mass is 9.76. The van der Waals surface area contributed by atoms with E-state index in [1.165, 1.54) is 0 Å². The number of benzene rings is 3. The topological polar surface area (TPSA) is 69.6 Å². The van der Waals surface area contributed by atoms with Gasteiger partial charge in [0.25, 0.3) is 0 Å². The van der Waals surface area contributed by atoms with Crippen molar-refractivity contribution in [1.82, 2.24) is 5.32 Å². The second kappa shape index (κ2) is 8.62. The van der Waals surface area contributed by atoms with E-state index in [9.17, 15) is 15.0 Å². The standard InChI is InChI=1S/C23H23NO3/c25-17-16-21(22(26)27)24-23(18-10-4-1-5-11-18,19-12-6-2-7-13-19)20-14-8-3-9-15-20/h1-15,21,24-25H,16-17H2,(H,26,27)/t21-/m0/s1. The van der Waals surface area contributed by atoms with Crippen LogP contribution in [0.3, 0.4) is 0 Å². The summed E-state index contributed by atoms with van der Waals surface area (Å²) < 4.78 is 0. The van der Waals surface area contributed by atoms with E-state index in [1.807, 2.05) is 91.0 Å². The Balaban J connectivity index is 2.27. The molecule has 27 heavy (non-hydrogen) atoms. The van der Waals surface area contributed by atoms with E-state index in [-0.39, 0.29) is 13.0 Å². The van der Waals surface area contributed by atoms with Crippen LogP contribution >= 0.6 is 0 Å². The lowest BCUT2D eigenvalue weighted by Crippen LogP contribution is -2.52. The molecule has 0 aliphatic rings. The van der Waals surface area contributed by atoms with E-state index in [4.69, 9.17) is 0 Å². The van der Waals surface area contributed by atoms with E-state index < -0.39 is 17.6 Å². The van der Waals surface area contributed by atoms with Gasteiger partial charge in [0.15, 0.2) is 0 Å². The molecule has 0 heterocycles. The fraction of sp³-hybridized carbons (Fsp3) is 0.174. The van der Waals surface area contributed by atoms with Crippen molar-refractivity contribution in [3.63, 3.8) is 0 Å². The van der Waals surface area contributed by atoms with Crippen molar-refractivity contribution in [2.24, 2.45) is 0 Å². The SMILES string of the molecule is O=C(O)[C@H](CCO)NC(c1ccccc1)(c1ccccc1)c1ccccc1. The van der Waals surface area contributed by atoms with Crippen LogP contribution in [0, 0.1) is 0 Å². The molecule has 3 aromatic carbocycles. The summed E-state index contributed by atoms with van der Waals surface area (Å²) in [6.07, 6.45) is 0.115. The Bertz CT molecular complexity index is 754. The van der Waals surface area contributed by atoms with Gasteiger partial charge in [-0.3, -0.25) is 10.1 Å². The number of hydrogen-bond donors (Lipinski definition) is 3. The number of rotatable bonds is 8. The van der Waals surface area contributed by atoms with Gasteiger partial charge in [0.2, 0.25) is 0 Å². The molecule has 0 fully saturated rings. The van der Waals surface area contributed by atoms with Crippen molar-refractivity contribution >= 4 is 5.97 Å². The zero-order valence-corrected chi connectivity index (χ0v) is 15.0. The summed E-state index contributed by atoms with van der Waals surface area (Å²) in [5, 5.41) is 22.5. The molecule has 3 rings (SSSR count). The summed E-state index contributed by atoms with van der Waals surface area (Å²) >= 11 is 0. The van der Waals surface area contributed by atoms with Crippen LogP contribution in [0.15, 0.2) is 91.0 Å². The lowest BCUT2D eigenvalue weighted by Gasteiger charge is -2.39. The van der Waals surface area contributed by atoms with Crippen molar-refractivity contribution in [3.8, 4) is 0 Å². The normalized spacial score (nSPS) is 12.5. The molecular weight excluding hydrogens is 338 g/mol. The molecule has 3 aromatic rings. The van der Waals surface area contributed by atoms with Gasteiger partial charge in [0, 0.05) is 6.61 Å². The van der Waals surface area contributed by atoms with Crippen molar-refractivity contribution < 1.29 is 15.0 Å². The van der Waals surface area contributed by atoms with Crippen LogP contribution in [-0.4, -0.2) is 28.8 Å². The predicted octanol–water partition coefficient (Wildman–Crippen LogP) is 3.40. The maximum atomic E-state index is 11.9. The van der Waals surface area contributed by atoms with E-state index in [1.54, 1.807) is 0 Å². The summed E-state index contributed by atoms with van der Waals surface area (Å²) in [6, 6.07) is 28.5. The molecule has 0 aromatic heterocycles. The van der Waals surface area contributed by atoms with Crippen LogP contribution < -0.4 is 5.32 Å². The molecule has 4 heteroatoms. The lowest BCUT2D eigenvalue weighted by molar-refractivity contribution is -0.140. The molecule has 0 saturated carbocycles. The first-order chi connectivity index (χ1) is 13.2. The minimum atomic E-state index is -0.990. The van der Waals surface area contributed by atoms with Gasteiger partial charge in [-0.25, -0.2) is 0 Å². The largest absolute Gasteiger partial charge is 0.480 e. The van der Waals surface area contributed by atoms with Crippen molar-refractivity contribution in [2.45, 2.75) is 18.0 Å². The van der Waals surface area contributed by atoms with Gasteiger partial charge in [-0.05, 0) is 23.1 Å². The Labute approximate surface area is 159 Å². The smallest absolute Gasteiger partial charge is 0.320 e. The molecule has 0 saturated heterocycles. The Kier molecular flexibility index (Phi) is 6.01. The van der Waals surface area contributed by atoms with Gasteiger partial charge in [0.05, 0.1) is 5.54 Å². The number of carboxylic acid groups (broad SMARTS) is 1. The van der Waals surface area contributed by atoms with Gasteiger partial charge < -0.3 is 10.2 Å². The maximum Gasteiger partial charge on any atom is 0.320 e. The molecule has 138 valence electrons. The first-order valence-electron chi connectivity index (χ1n) is 8.96. The quantitative estimate of drug-likeness (QED) is 0.538. The molecular formula is C23H23NO3. The van der Waals surface area contributed by atoms with Gasteiger partial charge >= 0.3 is 5.97 Å². The number of carboxylic acids is 1. The van der Waals surface area contributed by atoms with Crippen molar-refractivity contribution in [2.75, 3.05) is 6.61 Å². The highest BCUT2D eigenvalue weighted by Crippen LogP contribution is 2.37. The van der Waals surface area contributed by atoms with Crippen LogP contribution in [0.2, 0.25) is 0 Å². The summed E-state index contributed by atoms with van der Waals surface area (Å²) in [7, 11) is 0. The molecule has 0 aliphatic heterocycles. The number of carbonyl (C=O) groups is 1. The van der Waals surface area contributed by atoms with Crippen LogP contribution in [0.25, 0.3) is 0 Å². The van der Waals surface area contributed by atoms with E-state index >= 15 is 0 Å². The monoisotopic (exact) mass is 361 g/mol. The maximum absolute atomic E-state index is 11.9. The highest BCUT2D eigenvalue weighted by atomic mass is 16.4. The van der Waals surface area contributed by atoms with Gasteiger partial charge in [0.1, 0.15) is 6.04 Å². The zero-order chi connectivity index (χ0) is 19.1. The fourth-order valence-corrected chi connectivity index (χ4v) is 3.46. The number of nitrogens with one attached hydrogen (secondary N) is 1. The Morgan fingerprint density at radius 2 is 1.15 bits per heavy atom. The number of aliphatic carboxylic acids is 1. The molecule has 0 bridgehead atoms. The fourth-order valence-electron chi connectivity index (χ4n) is 3.46. The molecule has 1 atom stereocenters. The highest BCUT2D eigenvalue weighted by Gasteiger charge is 2.39. The average Bonchev–Trinajstić information content (AvgIpc) is 2.73. The molecule has 3 N–H and O–H groups in total. The second-order valence-corrected chi connectivity index (χ2v) is 6.40. The van der Waals surface area contributed by atoms with E-state index in [0.29, 0.717) is 0 Å². The summed E-state index contributed by atoms with van der Waals surface area (Å²) in [5.41, 5.74) is 1.95. The van der Waals surface area contributed by atoms with Crippen molar-refractivity contribution in [1.29, 1.82) is 0 Å². The van der Waals surface area contributed by atoms with Crippen LogP contribution in [0.5, 0.6) is 0 Å². The third-order valence-corrected chi connectivity index (χ3v) is 4.73. The second-order valence-electron chi connectivity index (χ2n) is 6.40. The van der Waals surface area contributed by atoms with Crippen molar-refractivity contribution in [3.05, 3.63) is 108 Å². The minimum absolute atomic E-state index is 0.115. The van der Waals surface area contributed by atoms with Gasteiger partial charge in [-0.1, -0.05) is 91.0 Å². The molecule has 4 nitrogen and oxygen atoms in total. The number of hydrogen-bond acceptors (Lipinski definition) is 3. The highest BCUT2D eigenvalue weighted by molar-refractivity contribution is 5.74. The van der Waals surface area contributed by atoms with Crippen LogP contribution in [0.1, 0.15) is 23.1 Å². The first-order valence-corrected chi connectivity index (χ1v) is 8.96. The molecule has 0 radical (unpaired) electrons.